The van der Waals surface area contributed by atoms with E-state index in [-0.39, 0.29) is 5.66 Å². The molecular weight excluding hydrogens is 268 g/mol. The Morgan fingerprint density at radius 1 is 0.864 bits per heavy atom. The maximum Gasteiger partial charge on any atom is 0.105 e. The second-order valence-electron chi connectivity index (χ2n) is 5.95. The second-order valence-corrected chi connectivity index (χ2v) is 5.95. The van der Waals surface area contributed by atoms with Gasteiger partial charge >= 0.3 is 0 Å². The van der Waals surface area contributed by atoms with Gasteiger partial charge in [0, 0.05) is 11.4 Å². The van der Waals surface area contributed by atoms with Crippen LogP contribution in [-0.2, 0) is 0 Å². The molecule has 0 aliphatic heterocycles. The van der Waals surface area contributed by atoms with Crippen molar-refractivity contribution in [1.29, 1.82) is 0 Å². The molecule has 0 bridgehead atoms. The molecule has 117 valence electrons. The minimum absolute atomic E-state index is 0.198. The highest BCUT2D eigenvalue weighted by atomic mass is 15.2. The van der Waals surface area contributed by atoms with E-state index in [1.165, 1.54) is 19.3 Å². The van der Waals surface area contributed by atoms with Gasteiger partial charge in [-0.25, -0.2) is 0 Å². The summed E-state index contributed by atoms with van der Waals surface area (Å²) in [4.78, 5) is 0. The molecule has 0 aliphatic rings. The first-order chi connectivity index (χ1) is 10.7. The predicted molar refractivity (Wildman–Crippen MR) is 97.0 cm³/mol. The summed E-state index contributed by atoms with van der Waals surface area (Å²) < 4.78 is 0. The zero-order chi connectivity index (χ0) is 15.7. The molecule has 2 aromatic carbocycles. The Balaban J connectivity index is 2.05. The van der Waals surface area contributed by atoms with Crippen molar-refractivity contribution in [3.8, 4) is 0 Å². The van der Waals surface area contributed by atoms with Gasteiger partial charge in [0.1, 0.15) is 5.66 Å². The van der Waals surface area contributed by atoms with E-state index in [0.717, 1.165) is 17.8 Å². The van der Waals surface area contributed by atoms with Crippen molar-refractivity contribution in [2.75, 3.05) is 10.6 Å². The van der Waals surface area contributed by atoms with Crippen molar-refractivity contribution >= 4 is 11.4 Å². The van der Waals surface area contributed by atoms with Crippen LogP contribution < -0.4 is 10.6 Å². The molecule has 0 aromatic heterocycles. The number of nitrogens with one attached hydrogen (secondary N) is 2. The lowest BCUT2D eigenvalue weighted by Crippen LogP contribution is -2.43. The Morgan fingerprint density at radius 3 is 1.82 bits per heavy atom. The van der Waals surface area contributed by atoms with Crippen LogP contribution in [0.2, 0.25) is 0 Å². The third-order valence-corrected chi connectivity index (χ3v) is 3.70. The molecule has 0 saturated carbocycles. The number of hydrogen-bond acceptors (Lipinski definition) is 2. The average Bonchev–Trinajstić information content (AvgIpc) is 2.53. The van der Waals surface area contributed by atoms with E-state index in [1.54, 1.807) is 0 Å². The van der Waals surface area contributed by atoms with Crippen LogP contribution in [-0.4, -0.2) is 5.66 Å². The molecule has 0 amide bonds. The van der Waals surface area contributed by atoms with Gasteiger partial charge in [-0.05, 0) is 44.0 Å². The van der Waals surface area contributed by atoms with Gasteiger partial charge in [-0.15, -0.1) is 0 Å². The predicted octanol–water partition coefficient (Wildman–Crippen LogP) is 5.71. The molecule has 0 aliphatic carbocycles. The first-order valence-corrected chi connectivity index (χ1v) is 8.20. The number of hydrogen-bond donors (Lipinski definition) is 2. The maximum atomic E-state index is 3.64. The van der Waals surface area contributed by atoms with E-state index >= 15 is 0 Å². The Bertz CT molecular complexity index is 480. The van der Waals surface area contributed by atoms with Crippen molar-refractivity contribution in [2.24, 2.45) is 0 Å². The molecule has 2 rings (SSSR count). The highest BCUT2D eigenvalue weighted by Gasteiger charge is 2.23. The monoisotopic (exact) mass is 295 g/mol. The molecule has 2 N–H and O–H groups in total. The lowest BCUT2D eigenvalue weighted by atomic mass is 10.0. The normalized spacial score (nSPS) is 11.2. The Labute approximate surface area is 135 Å². The van der Waals surface area contributed by atoms with Gasteiger partial charge in [-0.1, -0.05) is 62.6 Å². The molecule has 2 nitrogen and oxygen atoms in total. The Morgan fingerprint density at radius 2 is 1.36 bits per heavy atom. The molecular formula is C20H27N2. The van der Waals surface area contributed by atoms with E-state index < -0.39 is 0 Å². The summed E-state index contributed by atoms with van der Waals surface area (Å²) in [5, 5.41) is 7.28. The van der Waals surface area contributed by atoms with Crippen molar-refractivity contribution < 1.29 is 0 Å². The van der Waals surface area contributed by atoms with E-state index in [4.69, 9.17) is 0 Å². The fourth-order valence-corrected chi connectivity index (χ4v) is 2.55. The zero-order valence-electron chi connectivity index (χ0n) is 13.7. The molecule has 22 heavy (non-hydrogen) atoms. The largest absolute Gasteiger partial charge is 0.363 e. The van der Waals surface area contributed by atoms with Crippen molar-refractivity contribution in [1.82, 2.24) is 0 Å². The lowest BCUT2D eigenvalue weighted by Gasteiger charge is -2.34. The standard InChI is InChI=1S/C20H27N2/c1-3-4-5-12-17-20(2,21-18-13-8-6-9-14-18)22-19-15-10-7-11-16-19/h6-16,21-22H,3-5,17H2,1-2H3. The number of rotatable bonds is 9. The smallest absolute Gasteiger partial charge is 0.105 e. The van der Waals surface area contributed by atoms with E-state index in [9.17, 15) is 0 Å². The van der Waals surface area contributed by atoms with Crippen LogP contribution in [0, 0.1) is 6.42 Å². The summed E-state index contributed by atoms with van der Waals surface area (Å²) in [6.07, 6.45) is 7.02. The summed E-state index contributed by atoms with van der Waals surface area (Å²) in [5.41, 5.74) is 2.07. The molecule has 0 saturated heterocycles. The fourth-order valence-electron chi connectivity index (χ4n) is 2.55. The van der Waals surface area contributed by atoms with Crippen LogP contribution in [0.15, 0.2) is 60.7 Å². The molecule has 2 aromatic rings. The second kappa shape index (κ2) is 8.47. The minimum atomic E-state index is -0.198. The summed E-state index contributed by atoms with van der Waals surface area (Å²) >= 11 is 0. The minimum Gasteiger partial charge on any atom is -0.363 e. The van der Waals surface area contributed by atoms with Crippen LogP contribution in [0.5, 0.6) is 0 Å². The highest BCUT2D eigenvalue weighted by molar-refractivity contribution is 5.51. The van der Waals surface area contributed by atoms with Gasteiger partial charge < -0.3 is 10.6 Å². The summed E-state index contributed by atoms with van der Waals surface area (Å²) in [6, 6.07) is 20.8. The van der Waals surface area contributed by atoms with Gasteiger partial charge in [-0.3, -0.25) is 0 Å². The third-order valence-electron chi connectivity index (χ3n) is 3.70. The maximum absolute atomic E-state index is 3.64. The highest BCUT2D eigenvalue weighted by Crippen LogP contribution is 2.23. The lowest BCUT2D eigenvalue weighted by molar-refractivity contribution is 0.556. The van der Waals surface area contributed by atoms with E-state index in [0.29, 0.717) is 0 Å². The molecule has 0 unspecified atom stereocenters. The van der Waals surface area contributed by atoms with Gasteiger partial charge in [0.25, 0.3) is 0 Å². The van der Waals surface area contributed by atoms with Gasteiger partial charge in [-0.2, -0.15) is 0 Å². The molecule has 0 fully saturated rings. The average molecular weight is 295 g/mol. The first-order valence-electron chi connectivity index (χ1n) is 8.20. The van der Waals surface area contributed by atoms with Crippen LogP contribution in [0.4, 0.5) is 11.4 Å². The summed E-state index contributed by atoms with van der Waals surface area (Å²) in [7, 11) is 0. The third kappa shape index (κ3) is 5.44. The zero-order valence-corrected chi connectivity index (χ0v) is 13.7. The number of benzene rings is 2. The van der Waals surface area contributed by atoms with Crippen LogP contribution in [0.3, 0.4) is 0 Å². The number of anilines is 2. The van der Waals surface area contributed by atoms with Gasteiger partial charge in [0.2, 0.25) is 0 Å². The van der Waals surface area contributed by atoms with Crippen molar-refractivity contribution in [3.63, 3.8) is 0 Å². The van der Waals surface area contributed by atoms with E-state index in [1.807, 2.05) is 12.1 Å². The summed E-state index contributed by atoms with van der Waals surface area (Å²) in [6.45, 7) is 4.45. The Kier molecular flexibility index (Phi) is 6.32. The Hall–Kier alpha value is -1.96. The number of unbranched alkanes of at least 4 members (excludes halogenated alkanes) is 3. The van der Waals surface area contributed by atoms with Crippen molar-refractivity contribution in [3.05, 3.63) is 67.1 Å². The van der Waals surface area contributed by atoms with Crippen LogP contribution in [0.1, 0.15) is 39.5 Å². The first kappa shape index (κ1) is 16.4. The van der Waals surface area contributed by atoms with Crippen molar-refractivity contribution in [2.45, 2.75) is 45.2 Å². The quantitative estimate of drug-likeness (QED) is 0.457. The molecule has 0 spiro atoms. The van der Waals surface area contributed by atoms with E-state index in [2.05, 4.69) is 79.4 Å². The van der Waals surface area contributed by atoms with Crippen LogP contribution >= 0.6 is 0 Å². The van der Waals surface area contributed by atoms with Gasteiger partial charge in [0.05, 0.1) is 0 Å². The molecule has 0 heterocycles. The van der Waals surface area contributed by atoms with Crippen LogP contribution in [0.25, 0.3) is 0 Å². The molecule has 1 radical (unpaired) electrons. The van der Waals surface area contributed by atoms with Gasteiger partial charge in [0.15, 0.2) is 0 Å². The summed E-state index contributed by atoms with van der Waals surface area (Å²) in [5.74, 6) is 0. The molecule has 0 atom stereocenters. The fraction of sp³-hybridized carbons (Fsp3) is 0.350. The molecule has 2 heteroatoms. The SMILES string of the molecule is CCCC[CH]CC(C)(Nc1ccccc1)Nc1ccccc1. The number of para-hydroxylation sites is 2. The topological polar surface area (TPSA) is 24.1 Å².